The molecule has 0 aliphatic carbocycles. The lowest BCUT2D eigenvalue weighted by atomic mass is 9.96. The third-order valence-electron chi connectivity index (χ3n) is 2.79. The lowest BCUT2D eigenvalue weighted by Crippen LogP contribution is -2.11. The second-order valence-corrected chi connectivity index (χ2v) is 4.04. The van der Waals surface area contributed by atoms with E-state index in [2.05, 4.69) is 0 Å². The molecule has 0 aliphatic heterocycles. The quantitative estimate of drug-likeness (QED) is 0.737. The van der Waals surface area contributed by atoms with Crippen molar-refractivity contribution in [3.05, 3.63) is 17.7 Å². The van der Waals surface area contributed by atoms with Gasteiger partial charge in [0.25, 0.3) is 0 Å². The van der Waals surface area contributed by atoms with Crippen molar-refractivity contribution in [1.82, 2.24) is 0 Å². The number of ketones is 1. The Bertz CT molecular complexity index is 480. The van der Waals surface area contributed by atoms with Gasteiger partial charge in [-0.3, -0.25) is 4.79 Å². The second-order valence-electron chi connectivity index (χ2n) is 4.04. The summed E-state index contributed by atoms with van der Waals surface area (Å²) >= 11 is 0. The van der Waals surface area contributed by atoms with E-state index in [1.165, 1.54) is 21.3 Å². The monoisotopic (exact) mass is 263 g/mol. The summed E-state index contributed by atoms with van der Waals surface area (Å²) in [7, 11) is 4.48. The average Bonchev–Trinajstić information content (AvgIpc) is 2.44. The van der Waals surface area contributed by atoms with Crippen molar-refractivity contribution in [2.24, 2.45) is 5.92 Å². The number of nitrogens with zero attached hydrogens (tertiary/aromatic N) is 1. The zero-order valence-electron chi connectivity index (χ0n) is 11.5. The fourth-order valence-electron chi connectivity index (χ4n) is 1.74. The highest BCUT2D eigenvalue weighted by Gasteiger charge is 2.20. The van der Waals surface area contributed by atoms with Gasteiger partial charge in [-0.25, -0.2) is 0 Å². The van der Waals surface area contributed by atoms with E-state index in [0.717, 1.165) is 0 Å². The number of hydrogen-bond donors (Lipinski definition) is 0. The van der Waals surface area contributed by atoms with Gasteiger partial charge in [-0.15, -0.1) is 0 Å². The summed E-state index contributed by atoms with van der Waals surface area (Å²) in [6.07, 6.45) is 0.176. The number of Topliss-reactive ketones (excluding diaryl/α,β-unsaturated/α-hetero) is 1. The van der Waals surface area contributed by atoms with E-state index in [0.29, 0.717) is 22.8 Å². The number of hydrogen-bond acceptors (Lipinski definition) is 5. The van der Waals surface area contributed by atoms with Crippen molar-refractivity contribution in [2.75, 3.05) is 21.3 Å². The Hall–Kier alpha value is -2.22. The molecule has 0 fully saturated rings. The number of nitriles is 1. The standard InChI is InChI=1S/C14H17NO4/c1-9(5-6-15)13(16)10-7-11(17-2)14(19-4)12(8-10)18-3/h7-9H,5H2,1-4H3. The van der Waals surface area contributed by atoms with Crippen LogP contribution in [0.4, 0.5) is 0 Å². The van der Waals surface area contributed by atoms with Gasteiger partial charge in [0.2, 0.25) is 5.75 Å². The van der Waals surface area contributed by atoms with E-state index in [-0.39, 0.29) is 18.1 Å². The number of methoxy groups -OCH3 is 3. The Morgan fingerprint density at radius 3 is 2.11 bits per heavy atom. The topological polar surface area (TPSA) is 68.6 Å². The zero-order valence-corrected chi connectivity index (χ0v) is 11.5. The Kier molecular flexibility index (Phi) is 5.19. The highest BCUT2D eigenvalue weighted by atomic mass is 16.5. The molecule has 1 atom stereocenters. The highest BCUT2D eigenvalue weighted by Crippen LogP contribution is 2.38. The van der Waals surface area contributed by atoms with Crippen molar-refractivity contribution in [2.45, 2.75) is 13.3 Å². The lowest BCUT2D eigenvalue weighted by Gasteiger charge is -2.14. The zero-order chi connectivity index (χ0) is 14.4. The van der Waals surface area contributed by atoms with Crippen LogP contribution in [0, 0.1) is 17.2 Å². The molecule has 1 aromatic rings. The predicted molar refractivity (Wildman–Crippen MR) is 69.8 cm³/mol. The third kappa shape index (κ3) is 3.16. The van der Waals surface area contributed by atoms with E-state index in [1.54, 1.807) is 19.1 Å². The van der Waals surface area contributed by atoms with E-state index in [4.69, 9.17) is 19.5 Å². The van der Waals surface area contributed by atoms with Gasteiger partial charge in [0.1, 0.15) is 0 Å². The van der Waals surface area contributed by atoms with Crippen LogP contribution in [0.15, 0.2) is 12.1 Å². The number of ether oxygens (including phenoxy) is 3. The van der Waals surface area contributed by atoms with Crippen LogP contribution in [0.25, 0.3) is 0 Å². The van der Waals surface area contributed by atoms with Crippen molar-refractivity contribution in [3.8, 4) is 23.3 Å². The summed E-state index contributed by atoms with van der Waals surface area (Å²) in [5.74, 6) is 0.798. The van der Waals surface area contributed by atoms with E-state index >= 15 is 0 Å². The molecule has 0 aliphatic rings. The highest BCUT2D eigenvalue weighted by molar-refractivity contribution is 5.99. The maximum absolute atomic E-state index is 12.2. The molecule has 0 saturated heterocycles. The number of carbonyl (C=O) groups excluding carboxylic acids is 1. The molecule has 0 saturated carbocycles. The molecule has 102 valence electrons. The van der Waals surface area contributed by atoms with Crippen LogP contribution in [-0.2, 0) is 0 Å². The molecule has 1 aromatic carbocycles. The first kappa shape index (κ1) is 14.8. The molecular weight excluding hydrogens is 246 g/mol. The molecule has 0 aromatic heterocycles. The Labute approximate surface area is 112 Å². The predicted octanol–water partition coefficient (Wildman–Crippen LogP) is 2.44. The minimum Gasteiger partial charge on any atom is -0.493 e. The largest absolute Gasteiger partial charge is 0.493 e. The van der Waals surface area contributed by atoms with Gasteiger partial charge in [0, 0.05) is 17.9 Å². The third-order valence-corrected chi connectivity index (χ3v) is 2.79. The van der Waals surface area contributed by atoms with Crippen LogP contribution in [0.3, 0.4) is 0 Å². The maximum Gasteiger partial charge on any atom is 0.203 e. The van der Waals surface area contributed by atoms with Gasteiger partial charge in [-0.1, -0.05) is 6.92 Å². The fraction of sp³-hybridized carbons (Fsp3) is 0.429. The van der Waals surface area contributed by atoms with Crippen LogP contribution < -0.4 is 14.2 Å². The van der Waals surface area contributed by atoms with Gasteiger partial charge in [-0.05, 0) is 12.1 Å². The molecule has 0 heterocycles. The van der Waals surface area contributed by atoms with E-state index < -0.39 is 0 Å². The Balaban J connectivity index is 3.23. The SMILES string of the molecule is COc1cc(C(=O)C(C)CC#N)cc(OC)c1OC. The minimum absolute atomic E-state index is 0.124. The van der Waals surface area contributed by atoms with Crippen molar-refractivity contribution in [3.63, 3.8) is 0 Å². The Morgan fingerprint density at radius 1 is 1.21 bits per heavy atom. The molecule has 19 heavy (non-hydrogen) atoms. The second kappa shape index (κ2) is 6.64. The first-order valence-corrected chi connectivity index (χ1v) is 5.80. The first-order valence-electron chi connectivity index (χ1n) is 5.80. The van der Waals surface area contributed by atoms with Gasteiger partial charge in [-0.2, -0.15) is 5.26 Å². The van der Waals surface area contributed by atoms with E-state index in [1.807, 2.05) is 6.07 Å². The van der Waals surface area contributed by atoms with Crippen LogP contribution in [0.5, 0.6) is 17.2 Å². The van der Waals surface area contributed by atoms with Crippen molar-refractivity contribution >= 4 is 5.78 Å². The van der Waals surface area contributed by atoms with Crippen LogP contribution in [-0.4, -0.2) is 27.1 Å². The van der Waals surface area contributed by atoms with Gasteiger partial charge >= 0.3 is 0 Å². The lowest BCUT2D eigenvalue weighted by molar-refractivity contribution is 0.0931. The molecule has 0 bridgehead atoms. The fourth-order valence-corrected chi connectivity index (χ4v) is 1.74. The smallest absolute Gasteiger partial charge is 0.203 e. The molecule has 0 amide bonds. The Morgan fingerprint density at radius 2 is 1.74 bits per heavy atom. The van der Waals surface area contributed by atoms with Gasteiger partial charge in [0.05, 0.1) is 27.4 Å². The number of carbonyl (C=O) groups is 1. The number of rotatable bonds is 6. The van der Waals surface area contributed by atoms with Gasteiger partial charge in [0.15, 0.2) is 17.3 Å². The number of benzene rings is 1. The maximum atomic E-state index is 12.2. The summed E-state index contributed by atoms with van der Waals surface area (Å²) in [4.78, 5) is 12.2. The van der Waals surface area contributed by atoms with Crippen molar-refractivity contribution in [1.29, 1.82) is 5.26 Å². The molecule has 0 spiro atoms. The summed E-state index contributed by atoms with van der Waals surface area (Å²) in [5, 5.41) is 8.64. The summed E-state index contributed by atoms with van der Waals surface area (Å²) < 4.78 is 15.6. The van der Waals surface area contributed by atoms with Crippen LogP contribution >= 0.6 is 0 Å². The molecule has 0 radical (unpaired) electrons. The van der Waals surface area contributed by atoms with Crippen LogP contribution in [0.2, 0.25) is 0 Å². The molecule has 5 nitrogen and oxygen atoms in total. The molecule has 1 unspecified atom stereocenters. The average molecular weight is 263 g/mol. The van der Waals surface area contributed by atoms with Crippen LogP contribution in [0.1, 0.15) is 23.7 Å². The minimum atomic E-state index is -0.368. The molecule has 1 rings (SSSR count). The van der Waals surface area contributed by atoms with Gasteiger partial charge < -0.3 is 14.2 Å². The first-order chi connectivity index (χ1) is 9.08. The van der Waals surface area contributed by atoms with E-state index in [9.17, 15) is 4.79 Å². The summed E-state index contributed by atoms with van der Waals surface area (Å²) in [5.41, 5.74) is 0.442. The molecular formula is C14H17NO4. The van der Waals surface area contributed by atoms with Crippen molar-refractivity contribution < 1.29 is 19.0 Å². The summed E-state index contributed by atoms with van der Waals surface area (Å²) in [6.45, 7) is 1.72. The molecule has 5 heteroatoms. The normalized spacial score (nSPS) is 11.3. The molecule has 0 N–H and O–H groups in total. The summed E-state index contributed by atoms with van der Waals surface area (Å²) in [6, 6.07) is 5.18.